The van der Waals surface area contributed by atoms with Gasteiger partial charge in [0.05, 0.1) is 43.3 Å². The van der Waals surface area contributed by atoms with Crippen molar-refractivity contribution in [1.29, 1.82) is 0 Å². The zero-order valence-corrected chi connectivity index (χ0v) is 33.2. The highest BCUT2D eigenvalue weighted by Gasteiger charge is 2.53. The standard InChI is InChI=1S/C41H60N4O12/c1-21-15-30(22(2)36(50)35(21)49)54-38-29(45-19-28(43-44-45)26-13-9-6-10-14-26)17-27(23(3)47)18-31(38)56-41-34(42-24(4)48)39(37(51)33(20-46)57-41)55-32(40(52)53)16-25-11-7-5-8-12-25/h6,9-10,13-14,19,21-22,25,27,29-39,41,46,49-51H,5,7-8,11-12,15-18,20H2,1-4H3,(H,42,48)(H,52,53)/t21?,22?,27?,29?,30-,31-,32+,33?,34?,35-,36?,37+,38?,39?,41-/m1/s1. The molecule has 1 aromatic heterocycles. The van der Waals surface area contributed by atoms with Crippen LogP contribution in [0.1, 0.15) is 91.5 Å². The Kier molecular flexibility index (Phi) is 14.5. The van der Waals surface area contributed by atoms with Crippen LogP contribution >= 0.6 is 0 Å². The number of aromatic nitrogens is 3. The highest BCUT2D eigenvalue weighted by atomic mass is 16.7. The number of carboxylic acid groups (broad SMARTS) is 1. The van der Waals surface area contributed by atoms with Crippen molar-refractivity contribution in [3.05, 3.63) is 36.5 Å². The first-order valence-corrected chi connectivity index (χ1v) is 20.5. The van der Waals surface area contributed by atoms with Gasteiger partial charge in [0.25, 0.3) is 0 Å². The molecule has 3 aliphatic carbocycles. The molecule has 0 radical (unpaired) electrons. The van der Waals surface area contributed by atoms with E-state index in [0.717, 1.165) is 37.7 Å². The van der Waals surface area contributed by atoms with Gasteiger partial charge in [-0.05, 0) is 44.4 Å². The van der Waals surface area contributed by atoms with Gasteiger partial charge in [-0.1, -0.05) is 81.5 Å². The van der Waals surface area contributed by atoms with Gasteiger partial charge in [-0.25, -0.2) is 9.48 Å². The van der Waals surface area contributed by atoms with Crippen LogP contribution in [0.3, 0.4) is 0 Å². The molecule has 316 valence electrons. The predicted octanol–water partition coefficient (Wildman–Crippen LogP) is 2.41. The first-order valence-electron chi connectivity index (χ1n) is 20.5. The average Bonchev–Trinajstić information content (AvgIpc) is 3.69. The Morgan fingerprint density at radius 2 is 1.65 bits per heavy atom. The molecule has 57 heavy (non-hydrogen) atoms. The number of nitrogens with one attached hydrogen (secondary N) is 1. The van der Waals surface area contributed by atoms with Gasteiger partial charge < -0.3 is 49.8 Å². The van der Waals surface area contributed by atoms with Gasteiger partial charge in [0.2, 0.25) is 5.91 Å². The van der Waals surface area contributed by atoms with E-state index in [9.17, 15) is 39.9 Å². The number of Topliss-reactive ketones (excluding diaryl/α,β-unsaturated/α-hetero) is 1. The van der Waals surface area contributed by atoms with Crippen LogP contribution in [0.5, 0.6) is 0 Å². The van der Waals surface area contributed by atoms with E-state index in [0.29, 0.717) is 18.5 Å². The highest BCUT2D eigenvalue weighted by Crippen LogP contribution is 2.42. The molecule has 16 heteroatoms. The predicted molar refractivity (Wildman–Crippen MR) is 203 cm³/mol. The van der Waals surface area contributed by atoms with E-state index in [1.54, 1.807) is 17.8 Å². The van der Waals surface area contributed by atoms with Crippen molar-refractivity contribution in [2.45, 2.75) is 159 Å². The Balaban J connectivity index is 1.36. The van der Waals surface area contributed by atoms with Gasteiger partial charge >= 0.3 is 5.97 Å². The number of benzene rings is 1. The van der Waals surface area contributed by atoms with Gasteiger partial charge in [0, 0.05) is 24.3 Å². The van der Waals surface area contributed by atoms with Gasteiger partial charge in [0.1, 0.15) is 41.9 Å². The van der Waals surface area contributed by atoms with Crippen molar-refractivity contribution in [3.63, 3.8) is 0 Å². The molecule has 16 nitrogen and oxygen atoms in total. The van der Waals surface area contributed by atoms with Crippen molar-refractivity contribution in [2.75, 3.05) is 6.61 Å². The highest BCUT2D eigenvalue weighted by molar-refractivity contribution is 5.78. The molecule has 15 atom stereocenters. The maximum absolute atomic E-state index is 13.2. The summed E-state index contributed by atoms with van der Waals surface area (Å²) in [6.07, 6.45) is -3.62. The Bertz CT molecular complexity index is 1640. The second-order valence-corrected chi connectivity index (χ2v) is 16.8. The summed E-state index contributed by atoms with van der Waals surface area (Å²) in [5.74, 6) is -3.05. The normalized spacial score (nSPS) is 37.0. The third-order valence-electron chi connectivity index (χ3n) is 12.7. The summed E-state index contributed by atoms with van der Waals surface area (Å²) in [6, 6.07) is 7.61. The van der Waals surface area contributed by atoms with Gasteiger partial charge in [-0.2, -0.15) is 0 Å². The van der Waals surface area contributed by atoms with Gasteiger partial charge in [-0.15, -0.1) is 5.10 Å². The fourth-order valence-electron chi connectivity index (χ4n) is 9.27. The molecule has 6 rings (SSSR count). The molecule has 3 saturated carbocycles. The number of aliphatic hydroxyl groups excluding tert-OH is 4. The number of ether oxygens (including phenoxy) is 4. The largest absolute Gasteiger partial charge is 0.479 e. The zero-order chi connectivity index (χ0) is 41.0. The SMILES string of the molecule is CC(=O)NC1C(O[C@@H](CC2CCCCC2)C(=O)O)[C@@H](O)C(CO)O[C@H]1O[C@@H]1CC(C(C)=O)CC(n2cc(-c3ccccc3)nn2)C1O[C@@H]1CC(C)[C@@H](O)C(O)C1C. The number of carboxylic acids is 1. The van der Waals surface area contributed by atoms with E-state index in [2.05, 4.69) is 15.6 Å². The van der Waals surface area contributed by atoms with Crippen molar-refractivity contribution < 1.29 is 58.9 Å². The minimum atomic E-state index is -1.54. The maximum atomic E-state index is 13.2. The number of carbonyl (C=O) groups excluding carboxylic acids is 2. The average molecular weight is 801 g/mol. The summed E-state index contributed by atoms with van der Waals surface area (Å²) in [6.45, 7) is 5.74. The van der Waals surface area contributed by atoms with E-state index >= 15 is 0 Å². The van der Waals surface area contributed by atoms with Crippen LogP contribution in [-0.2, 0) is 33.3 Å². The fraction of sp³-hybridized carbons (Fsp3) is 0.732. The van der Waals surface area contributed by atoms with E-state index in [4.69, 9.17) is 18.9 Å². The minimum Gasteiger partial charge on any atom is -0.479 e. The number of amides is 1. The number of nitrogens with zero attached hydrogens (tertiary/aromatic N) is 3. The van der Waals surface area contributed by atoms with Crippen molar-refractivity contribution >= 4 is 17.7 Å². The maximum Gasteiger partial charge on any atom is 0.332 e. The molecular formula is C41H60N4O12. The molecular weight excluding hydrogens is 740 g/mol. The van der Waals surface area contributed by atoms with E-state index in [-0.39, 0.29) is 30.5 Å². The summed E-state index contributed by atoms with van der Waals surface area (Å²) in [7, 11) is 0. The number of aliphatic carboxylic acids is 1. The smallest absolute Gasteiger partial charge is 0.332 e. The number of rotatable bonds is 14. The van der Waals surface area contributed by atoms with Crippen molar-refractivity contribution in [1.82, 2.24) is 20.3 Å². The second kappa shape index (κ2) is 19.1. The number of ketones is 1. The van der Waals surface area contributed by atoms with E-state index in [1.807, 2.05) is 37.3 Å². The fourth-order valence-corrected chi connectivity index (χ4v) is 9.27. The number of carbonyl (C=O) groups is 3. The second-order valence-electron chi connectivity index (χ2n) is 16.8. The van der Waals surface area contributed by atoms with E-state index < -0.39 is 104 Å². The third-order valence-corrected chi connectivity index (χ3v) is 12.7. The van der Waals surface area contributed by atoms with Crippen molar-refractivity contribution in [2.24, 2.45) is 23.7 Å². The molecule has 0 bridgehead atoms. The first kappa shape index (κ1) is 43.2. The lowest BCUT2D eigenvalue weighted by Crippen LogP contribution is -2.67. The quantitative estimate of drug-likeness (QED) is 0.161. The minimum absolute atomic E-state index is 0.103. The van der Waals surface area contributed by atoms with Crippen LogP contribution in [-0.4, -0.2) is 132 Å². The first-order chi connectivity index (χ1) is 27.2. The molecule has 0 spiro atoms. The summed E-state index contributed by atoms with van der Waals surface area (Å²) in [4.78, 5) is 38.6. The Morgan fingerprint density at radius 3 is 2.30 bits per heavy atom. The molecule has 2 heterocycles. The van der Waals surface area contributed by atoms with Crippen molar-refractivity contribution in [3.8, 4) is 11.3 Å². The zero-order valence-electron chi connectivity index (χ0n) is 33.2. The summed E-state index contributed by atoms with van der Waals surface area (Å²) in [5.41, 5.74) is 1.42. The molecule has 1 aromatic carbocycles. The van der Waals surface area contributed by atoms with Crippen LogP contribution < -0.4 is 5.32 Å². The topological polar surface area (TPSA) is 232 Å². The Morgan fingerprint density at radius 1 is 0.930 bits per heavy atom. The molecule has 1 aliphatic heterocycles. The molecule has 6 N–H and O–H groups in total. The Labute approximate surface area is 333 Å². The third kappa shape index (κ3) is 10.1. The monoisotopic (exact) mass is 800 g/mol. The molecule has 1 saturated heterocycles. The molecule has 9 unspecified atom stereocenters. The summed E-state index contributed by atoms with van der Waals surface area (Å²) < 4.78 is 27.8. The van der Waals surface area contributed by atoms with Crippen LogP contribution in [0.4, 0.5) is 0 Å². The van der Waals surface area contributed by atoms with Crippen LogP contribution in [0.15, 0.2) is 36.5 Å². The van der Waals surface area contributed by atoms with Crippen LogP contribution in [0.25, 0.3) is 11.3 Å². The van der Waals surface area contributed by atoms with Gasteiger partial charge in [-0.3, -0.25) is 9.59 Å². The molecule has 1 amide bonds. The van der Waals surface area contributed by atoms with E-state index in [1.165, 1.54) is 13.8 Å². The number of hydrogen-bond acceptors (Lipinski definition) is 13. The lowest BCUT2D eigenvalue weighted by atomic mass is 9.76. The number of aliphatic hydroxyl groups is 4. The lowest BCUT2D eigenvalue weighted by Gasteiger charge is -2.49. The summed E-state index contributed by atoms with van der Waals surface area (Å²) in [5, 5.41) is 65.6. The Hall–Kier alpha value is -3.35. The molecule has 4 fully saturated rings. The summed E-state index contributed by atoms with van der Waals surface area (Å²) >= 11 is 0. The van der Waals surface area contributed by atoms with Crippen LogP contribution in [0.2, 0.25) is 0 Å². The number of hydrogen-bond donors (Lipinski definition) is 6. The molecule has 4 aliphatic rings. The van der Waals surface area contributed by atoms with Crippen LogP contribution in [0, 0.1) is 23.7 Å². The van der Waals surface area contributed by atoms with Gasteiger partial charge in [0.15, 0.2) is 12.4 Å². The molecule has 2 aromatic rings. The lowest BCUT2D eigenvalue weighted by molar-refractivity contribution is -0.309.